The molecule has 0 bridgehead atoms. The predicted octanol–water partition coefficient (Wildman–Crippen LogP) is 2.79. The van der Waals surface area contributed by atoms with Crippen LogP contribution in [-0.2, 0) is 6.42 Å². The lowest BCUT2D eigenvalue weighted by Gasteiger charge is -2.15. The number of nitrogen functional groups attached to an aromatic ring is 1. The Labute approximate surface area is 127 Å². The van der Waals surface area contributed by atoms with Crippen molar-refractivity contribution < 1.29 is 0 Å². The molecule has 4 heteroatoms. The van der Waals surface area contributed by atoms with Gasteiger partial charge in [0.1, 0.15) is 0 Å². The number of hydrogen-bond acceptors (Lipinski definition) is 4. The van der Waals surface area contributed by atoms with Crippen LogP contribution in [0.25, 0.3) is 0 Å². The van der Waals surface area contributed by atoms with Crippen molar-refractivity contribution in [3.05, 3.63) is 53.6 Å². The van der Waals surface area contributed by atoms with Crippen molar-refractivity contribution in [2.24, 2.45) is 5.73 Å². The van der Waals surface area contributed by atoms with Gasteiger partial charge in [0.2, 0.25) is 0 Å². The van der Waals surface area contributed by atoms with Crippen molar-refractivity contribution in [2.45, 2.75) is 11.3 Å². The number of rotatable bonds is 3. The number of nitrogens with zero attached hydrogens (tertiary/aromatic N) is 1. The molecule has 2 aromatic carbocycles. The van der Waals surface area contributed by atoms with Crippen LogP contribution in [0.1, 0.15) is 11.1 Å². The molecule has 2 rings (SSSR count). The first kappa shape index (κ1) is 16.4. The van der Waals surface area contributed by atoms with E-state index in [1.807, 2.05) is 38.4 Å². The normalized spacial score (nSPS) is 9.65. The highest BCUT2D eigenvalue weighted by Crippen LogP contribution is 2.23. The van der Waals surface area contributed by atoms with Crippen LogP contribution < -0.4 is 16.4 Å². The predicted molar refractivity (Wildman–Crippen MR) is 91.8 cm³/mol. The summed E-state index contributed by atoms with van der Waals surface area (Å²) in [5.74, 6) is 0. The molecule has 0 unspecified atom stereocenters. The molecule has 0 fully saturated rings. The molecule has 0 atom stereocenters. The summed E-state index contributed by atoms with van der Waals surface area (Å²) >= 11 is 4.52. The Morgan fingerprint density at radius 1 is 1.05 bits per heavy atom. The van der Waals surface area contributed by atoms with E-state index in [1.165, 1.54) is 23.9 Å². The molecule has 0 radical (unpaired) electrons. The maximum absolute atomic E-state index is 5.80. The number of anilines is 2. The summed E-state index contributed by atoms with van der Waals surface area (Å²) in [7, 11) is 5.58. The summed E-state index contributed by atoms with van der Waals surface area (Å²) < 4.78 is 0. The Morgan fingerprint density at radius 3 is 2.35 bits per heavy atom. The van der Waals surface area contributed by atoms with E-state index in [0.717, 1.165) is 17.0 Å². The average molecular weight is 289 g/mol. The van der Waals surface area contributed by atoms with Gasteiger partial charge in [-0.1, -0.05) is 12.1 Å². The first-order chi connectivity index (χ1) is 9.56. The van der Waals surface area contributed by atoms with Gasteiger partial charge < -0.3 is 16.4 Å². The molecular formula is C16H23N3S. The maximum Gasteiger partial charge on any atom is 0.0364 e. The lowest BCUT2D eigenvalue weighted by atomic mass is 10.0. The molecule has 4 N–H and O–H groups in total. The van der Waals surface area contributed by atoms with Gasteiger partial charge in [0, 0.05) is 30.4 Å². The Morgan fingerprint density at radius 2 is 1.75 bits per heavy atom. The first-order valence-corrected chi connectivity index (χ1v) is 6.92. The fourth-order valence-corrected chi connectivity index (χ4v) is 2.13. The number of nitrogens with two attached hydrogens (primary N) is 2. The molecule has 0 aromatic heterocycles. The molecule has 0 aliphatic rings. The maximum atomic E-state index is 5.80. The van der Waals surface area contributed by atoms with E-state index in [2.05, 4.69) is 41.5 Å². The summed E-state index contributed by atoms with van der Waals surface area (Å²) in [6, 6.07) is 14.3. The van der Waals surface area contributed by atoms with Crippen molar-refractivity contribution in [3.8, 4) is 0 Å². The van der Waals surface area contributed by atoms with Crippen LogP contribution in [0.5, 0.6) is 0 Å². The quantitative estimate of drug-likeness (QED) is 0.601. The largest absolute Gasteiger partial charge is 0.399 e. The van der Waals surface area contributed by atoms with Crippen LogP contribution in [0.2, 0.25) is 0 Å². The molecule has 0 saturated carbocycles. The van der Waals surface area contributed by atoms with Gasteiger partial charge in [-0.25, -0.2) is 0 Å². The van der Waals surface area contributed by atoms with Gasteiger partial charge in [-0.15, -0.1) is 12.6 Å². The lowest BCUT2D eigenvalue weighted by molar-refractivity contribution is 1.08. The van der Waals surface area contributed by atoms with E-state index in [9.17, 15) is 0 Å². The first-order valence-electron chi connectivity index (χ1n) is 6.47. The standard InChI is InChI=1S/C15H18N2S.CH5N/c1-17(2)14-6-7-15(18)12(10-14)8-11-4-3-5-13(16)9-11;1-2/h3-7,9-10,18H,8,16H2,1-2H3;2H2,1H3. The van der Waals surface area contributed by atoms with Gasteiger partial charge >= 0.3 is 0 Å². The Hall–Kier alpha value is -1.65. The van der Waals surface area contributed by atoms with E-state index in [-0.39, 0.29) is 0 Å². The summed E-state index contributed by atoms with van der Waals surface area (Å²) in [6.45, 7) is 0. The van der Waals surface area contributed by atoms with E-state index in [4.69, 9.17) is 5.73 Å². The molecule has 0 spiro atoms. The van der Waals surface area contributed by atoms with Crippen LogP contribution in [0.4, 0.5) is 11.4 Å². The summed E-state index contributed by atoms with van der Waals surface area (Å²) in [5.41, 5.74) is 14.7. The highest BCUT2D eigenvalue weighted by Gasteiger charge is 2.04. The van der Waals surface area contributed by atoms with E-state index in [0.29, 0.717) is 0 Å². The minimum Gasteiger partial charge on any atom is -0.399 e. The van der Waals surface area contributed by atoms with Gasteiger partial charge in [-0.3, -0.25) is 0 Å². The summed E-state index contributed by atoms with van der Waals surface area (Å²) in [4.78, 5) is 3.11. The van der Waals surface area contributed by atoms with Crippen molar-refractivity contribution in [1.82, 2.24) is 0 Å². The average Bonchev–Trinajstić information content (AvgIpc) is 2.43. The number of thiol groups is 1. The second-order valence-electron chi connectivity index (χ2n) is 4.63. The van der Waals surface area contributed by atoms with Crippen LogP contribution in [0.15, 0.2) is 47.4 Å². The smallest absolute Gasteiger partial charge is 0.0364 e. The molecule has 108 valence electrons. The topological polar surface area (TPSA) is 55.3 Å². The van der Waals surface area contributed by atoms with Crippen LogP contribution in [0, 0.1) is 0 Å². The number of benzene rings is 2. The van der Waals surface area contributed by atoms with Gasteiger partial charge in [-0.2, -0.15) is 0 Å². The molecule has 0 aliphatic carbocycles. The summed E-state index contributed by atoms with van der Waals surface area (Å²) in [5, 5.41) is 0. The van der Waals surface area contributed by atoms with Crippen molar-refractivity contribution in [1.29, 1.82) is 0 Å². The molecule has 20 heavy (non-hydrogen) atoms. The molecule has 0 aliphatic heterocycles. The Bertz CT molecular complexity index is 553. The molecular weight excluding hydrogens is 266 g/mol. The Kier molecular flexibility index (Phi) is 6.42. The van der Waals surface area contributed by atoms with E-state index >= 15 is 0 Å². The van der Waals surface area contributed by atoms with Crippen molar-refractivity contribution in [3.63, 3.8) is 0 Å². The van der Waals surface area contributed by atoms with E-state index in [1.54, 1.807) is 0 Å². The summed E-state index contributed by atoms with van der Waals surface area (Å²) in [6.07, 6.45) is 0.853. The monoisotopic (exact) mass is 289 g/mol. The fraction of sp³-hybridized carbons (Fsp3) is 0.250. The second-order valence-corrected chi connectivity index (χ2v) is 5.11. The van der Waals surface area contributed by atoms with Gasteiger partial charge in [-0.05, 0) is 54.9 Å². The SMILES string of the molecule is CN.CN(C)c1ccc(S)c(Cc2cccc(N)c2)c1. The lowest BCUT2D eigenvalue weighted by Crippen LogP contribution is -2.09. The van der Waals surface area contributed by atoms with Crippen molar-refractivity contribution in [2.75, 3.05) is 31.8 Å². The second kappa shape index (κ2) is 7.82. The molecule has 0 saturated heterocycles. The molecule has 0 amide bonds. The minimum atomic E-state index is 0.803. The Balaban J connectivity index is 0.000000956. The zero-order valence-electron chi connectivity index (χ0n) is 12.3. The van der Waals surface area contributed by atoms with Crippen LogP contribution in [0.3, 0.4) is 0 Å². The van der Waals surface area contributed by atoms with Crippen LogP contribution in [-0.4, -0.2) is 21.1 Å². The van der Waals surface area contributed by atoms with Gasteiger partial charge in [0.15, 0.2) is 0 Å². The highest BCUT2D eigenvalue weighted by molar-refractivity contribution is 7.80. The van der Waals surface area contributed by atoms with Gasteiger partial charge in [0.05, 0.1) is 0 Å². The van der Waals surface area contributed by atoms with Crippen LogP contribution >= 0.6 is 12.6 Å². The van der Waals surface area contributed by atoms with Crippen molar-refractivity contribution >= 4 is 24.0 Å². The third-order valence-corrected chi connectivity index (χ3v) is 3.36. The van der Waals surface area contributed by atoms with Gasteiger partial charge in [0.25, 0.3) is 0 Å². The minimum absolute atomic E-state index is 0.803. The number of hydrogen-bond donors (Lipinski definition) is 3. The third kappa shape index (κ3) is 4.47. The fourth-order valence-electron chi connectivity index (χ4n) is 1.91. The zero-order valence-corrected chi connectivity index (χ0v) is 13.2. The third-order valence-electron chi connectivity index (χ3n) is 2.93. The molecule has 3 nitrogen and oxygen atoms in total. The molecule has 0 heterocycles. The molecule has 2 aromatic rings. The zero-order chi connectivity index (χ0) is 15.1. The van der Waals surface area contributed by atoms with E-state index < -0.39 is 0 Å². The highest BCUT2D eigenvalue weighted by atomic mass is 32.1.